The number of rotatable bonds is 8. The Hall–Kier alpha value is -10.2. The highest BCUT2D eigenvalue weighted by atomic mass is 15.1. The summed E-state index contributed by atoms with van der Waals surface area (Å²) in [5, 5.41) is 7.13. The number of hydrogen-bond donors (Lipinski definition) is 0. The van der Waals surface area contributed by atoms with E-state index >= 15 is 0 Å². The third kappa shape index (κ3) is 6.77. The van der Waals surface area contributed by atoms with Crippen LogP contribution in [0.25, 0.3) is 139 Å². The predicted octanol–water partition coefficient (Wildman–Crippen LogP) is 17.5. The summed E-state index contributed by atoms with van der Waals surface area (Å²) in [5.41, 5.74) is 16.6. The summed E-state index contributed by atoms with van der Waals surface area (Å²) in [4.78, 5) is 16.9. The molecular formula is C69H44N6. The van der Waals surface area contributed by atoms with E-state index in [0.717, 1.165) is 88.8 Å². The largest absolute Gasteiger partial charge is 0.309 e. The summed E-state index contributed by atoms with van der Waals surface area (Å²) in [7, 11) is 0. The molecule has 0 saturated carbocycles. The lowest BCUT2D eigenvalue weighted by Crippen LogP contribution is -2.07. The van der Waals surface area contributed by atoms with Crippen LogP contribution < -0.4 is 0 Å². The van der Waals surface area contributed by atoms with Crippen LogP contribution in [-0.2, 0) is 0 Å². The molecule has 4 heterocycles. The van der Waals surface area contributed by atoms with Crippen LogP contribution in [0.1, 0.15) is 0 Å². The molecule has 0 N–H and O–H groups in total. The fourth-order valence-corrected chi connectivity index (χ4v) is 11.7. The van der Waals surface area contributed by atoms with Crippen LogP contribution >= 0.6 is 0 Å². The smallest absolute Gasteiger partial charge is 0.166 e. The number of hydrogen-bond acceptors (Lipinski definition) is 3. The van der Waals surface area contributed by atoms with Crippen molar-refractivity contribution in [2.75, 3.05) is 0 Å². The first kappa shape index (κ1) is 42.5. The Labute approximate surface area is 432 Å². The molecule has 0 aliphatic carbocycles. The van der Waals surface area contributed by atoms with Gasteiger partial charge in [-0.05, 0) is 82.9 Å². The van der Waals surface area contributed by atoms with Gasteiger partial charge >= 0.3 is 0 Å². The van der Waals surface area contributed by atoms with Crippen molar-refractivity contribution in [1.82, 2.24) is 28.7 Å². The van der Waals surface area contributed by atoms with E-state index < -0.39 is 0 Å². The van der Waals surface area contributed by atoms with E-state index in [0.29, 0.717) is 17.5 Å². The van der Waals surface area contributed by atoms with Gasteiger partial charge in [0, 0.05) is 43.6 Å². The lowest BCUT2D eigenvalue weighted by Gasteiger charge is -2.20. The molecule has 0 spiro atoms. The first-order chi connectivity index (χ1) is 37.2. The Balaban J connectivity index is 1.04. The van der Waals surface area contributed by atoms with Crippen molar-refractivity contribution in [3.05, 3.63) is 267 Å². The van der Waals surface area contributed by atoms with Gasteiger partial charge in [0.1, 0.15) is 0 Å². The van der Waals surface area contributed by atoms with E-state index in [1.807, 2.05) is 6.07 Å². The zero-order valence-electron chi connectivity index (χ0n) is 40.6. The molecule has 0 aliphatic heterocycles. The molecule has 15 aromatic rings. The lowest BCUT2D eigenvalue weighted by atomic mass is 9.95. The summed E-state index contributed by atoms with van der Waals surface area (Å²) < 4.78 is 7.19. The van der Waals surface area contributed by atoms with Crippen LogP contribution in [0, 0.1) is 0 Å². The maximum Gasteiger partial charge on any atom is 0.166 e. The van der Waals surface area contributed by atoms with Crippen molar-refractivity contribution in [2.45, 2.75) is 0 Å². The van der Waals surface area contributed by atoms with Crippen molar-refractivity contribution in [3.63, 3.8) is 0 Å². The van der Waals surface area contributed by atoms with Gasteiger partial charge in [0.15, 0.2) is 17.5 Å². The monoisotopic (exact) mass is 956 g/mol. The van der Waals surface area contributed by atoms with Crippen LogP contribution in [0.2, 0.25) is 0 Å². The third-order valence-corrected chi connectivity index (χ3v) is 14.9. The third-order valence-electron chi connectivity index (χ3n) is 14.9. The molecule has 0 amide bonds. The summed E-state index contributed by atoms with van der Waals surface area (Å²) >= 11 is 0. The number of aromatic nitrogens is 6. The van der Waals surface area contributed by atoms with E-state index in [4.69, 9.17) is 15.0 Å². The molecule has 0 saturated heterocycles. The normalized spacial score (nSPS) is 11.7. The van der Waals surface area contributed by atoms with Crippen molar-refractivity contribution in [1.29, 1.82) is 0 Å². The summed E-state index contributed by atoms with van der Waals surface area (Å²) in [6.07, 6.45) is 0. The van der Waals surface area contributed by atoms with Crippen LogP contribution in [-0.4, -0.2) is 28.7 Å². The van der Waals surface area contributed by atoms with Gasteiger partial charge in [0.05, 0.1) is 55.6 Å². The molecule has 11 aromatic carbocycles. The first-order valence-electron chi connectivity index (χ1n) is 25.4. The average Bonchev–Trinajstić information content (AvgIpc) is 4.13. The molecule has 0 bridgehead atoms. The summed E-state index contributed by atoms with van der Waals surface area (Å²) in [6, 6.07) is 95.1. The lowest BCUT2D eigenvalue weighted by molar-refractivity contribution is 1.06. The molecule has 15 rings (SSSR count). The molecule has 350 valence electrons. The Morgan fingerprint density at radius 1 is 0.227 bits per heavy atom. The van der Waals surface area contributed by atoms with Crippen molar-refractivity contribution < 1.29 is 0 Å². The maximum atomic E-state index is 5.79. The Morgan fingerprint density at radius 2 is 0.560 bits per heavy atom. The second kappa shape index (κ2) is 17.3. The van der Waals surface area contributed by atoms with Crippen LogP contribution in [0.5, 0.6) is 0 Å². The zero-order chi connectivity index (χ0) is 49.4. The molecule has 75 heavy (non-hydrogen) atoms. The molecule has 0 radical (unpaired) electrons. The highest BCUT2D eigenvalue weighted by Gasteiger charge is 2.26. The van der Waals surface area contributed by atoms with Gasteiger partial charge in [0.2, 0.25) is 0 Å². The number of benzene rings is 11. The quantitative estimate of drug-likeness (QED) is 0.152. The molecule has 6 heteroatoms. The van der Waals surface area contributed by atoms with Crippen molar-refractivity contribution in [2.24, 2.45) is 0 Å². The minimum absolute atomic E-state index is 0.567. The Morgan fingerprint density at radius 3 is 0.987 bits per heavy atom. The molecule has 0 atom stereocenters. The maximum absolute atomic E-state index is 5.79. The van der Waals surface area contributed by atoms with Gasteiger partial charge in [-0.1, -0.05) is 206 Å². The van der Waals surface area contributed by atoms with Crippen LogP contribution in [0.4, 0.5) is 0 Å². The number of fused-ring (bicyclic) bond motifs is 9. The minimum Gasteiger partial charge on any atom is -0.309 e. The van der Waals surface area contributed by atoms with E-state index in [9.17, 15) is 0 Å². The van der Waals surface area contributed by atoms with Crippen molar-refractivity contribution in [3.8, 4) is 73.5 Å². The fourth-order valence-electron chi connectivity index (χ4n) is 11.7. The van der Waals surface area contributed by atoms with E-state index in [2.05, 4.69) is 275 Å². The second-order valence-electron chi connectivity index (χ2n) is 19.1. The van der Waals surface area contributed by atoms with Gasteiger partial charge < -0.3 is 13.7 Å². The molecule has 0 aliphatic rings. The van der Waals surface area contributed by atoms with Crippen LogP contribution in [0.3, 0.4) is 0 Å². The second-order valence-corrected chi connectivity index (χ2v) is 19.1. The highest BCUT2D eigenvalue weighted by Crippen LogP contribution is 2.45. The fraction of sp³-hybridized carbons (Fsp3) is 0. The molecule has 0 unspecified atom stereocenters. The highest BCUT2D eigenvalue weighted by molar-refractivity contribution is 6.13. The zero-order valence-corrected chi connectivity index (χ0v) is 40.6. The Kier molecular flexibility index (Phi) is 9.78. The Bertz CT molecular complexity index is 4590. The van der Waals surface area contributed by atoms with Gasteiger partial charge in [-0.2, -0.15) is 0 Å². The average molecular weight is 957 g/mol. The minimum atomic E-state index is 0.567. The summed E-state index contributed by atoms with van der Waals surface area (Å²) in [5.74, 6) is 1.72. The SMILES string of the molecule is c1ccc(-c2nc(-c3c(-c4ccccc4)cccc3-n3c4ccccc4c4ccccc43)nc(-c3c(-c4ccccc4)cccc3-n3c4ccccc4c4cc(-n5c6ccccc6c6ccccc65)ccc43)n2)cc1. The topological polar surface area (TPSA) is 53.5 Å². The number of nitrogens with zero attached hydrogens (tertiary/aromatic N) is 6. The van der Waals surface area contributed by atoms with E-state index in [1.54, 1.807) is 0 Å². The molecular weight excluding hydrogens is 913 g/mol. The van der Waals surface area contributed by atoms with Gasteiger partial charge in [-0.25, -0.2) is 15.0 Å². The van der Waals surface area contributed by atoms with Crippen LogP contribution in [0.15, 0.2) is 267 Å². The van der Waals surface area contributed by atoms with Gasteiger partial charge in [-0.3, -0.25) is 0 Å². The first-order valence-corrected chi connectivity index (χ1v) is 25.4. The van der Waals surface area contributed by atoms with Gasteiger partial charge in [-0.15, -0.1) is 0 Å². The summed E-state index contributed by atoms with van der Waals surface area (Å²) in [6.45, 7) is 0. The predicted molar refractivity (Wildman–Crippen MR) is 310 cm³/mol. The standard InChI is InChI=1S/C69H44N6/c1-4-22-45(23-5-1)49-33-20-40-63(74-59-37-17-12-30-53(59)54-31-13-18-38-60(54)74)65(49)68-70-67(47-26-8-3-9-27-47)71-69(72-68)66-50(46-24-6-2-7-25-46)34-21-41-64(66)75-61-39-19-14-32-55(61)56-44-48(42-43-62(56)75)73-57-35-15-10-28-51(57)52-29-11-16-36-58(52)73/h1-44H. The van der Waals surface area contributed by atoms with E-state index in [1.165, 1.54) is 32.6 Å². The molecule has 6 nitrogen and oxygen atoms in total. The molecule has 4 aromatic heterocycles. The van der Waals surface area contributed by atoms with E-state index in [-0.39, 0.29) is 0 Å². The van der Waals surface area contributed by atoms with Gasteiger partial charge in [0.25, 0.3) is 0 Å². The molecule has 0 fully saturated rings. The van der Waals surface area contributed by atoms with Crippen molar-refractivity contribution >= 4 is 65.4 Å². The number of para-hydroxylation sites is 5.